The van der Waals surface area contributed by atoms with Crippen LogP contribution in [0.25, 0.3) is 0 Å². The molecule has 19 heavy (non-hydrogen) atoms. The smallest absolute Gasteiger partial charge is 0.220 e. The summed E-state index contributed by atoms with van der Waals surface area (Å²) in [5, 5.41) is 6.67. The van der Waals surface area contributed by atoms with Crippen LogP contribution < -0.4 is 10.6 Å². The van der Waals surface area contributed by atoms with Crippen molar-refractivity contribution in [3.05, 3.63) is 0 Å². The zero-order valence-corrected chi connectivity index (χ0v) is 12.9. The van der Waals surface area contributed by atoms with E-state index in [9.17, 15) is 4.79 Å². The number of hydrogen-bond donors (Lipinski definition) is 2. The molecule has 2 N–H and O–H groups in total. The van der Waals surface area contributed by atoms with E-state index in [1.54, 1.807) is 0 Å². The predicted molar refractivity (Wildman–Crippen MR) is 81.6 cm³/mol. The predicted octanol–water partition coefficient (Wildman–Crippen LogP) is 2.88. The molecule has 1 aliphatic carbocycles. The standard InChI is InChI=1S/C15H28N2O.ClH/c1-12(13-6-5-9-16-11-13)10-15(18)17-14-7-3-2-4-8-14;/h12-14,16H,2-11H2,1H3,(H,17,18);1H. The van der Waals surface area contributed by atoms with Crippen LogP contribution in [0.4, 0.5) is 0 Å². The normalized spacial score (nSPS) is 26.3. The van der Waals surface area contributed by atoms with E-state index >= 15 is 0 Å². The summed E-state index contributed by atoms with van der Waals surface area (Å²) in [6.45, 7) is 4.48. The van der Waals surface area contributed by atoms with Gasteiger partial charge in [-0.15, -0.1) is 12.4 Å². The first-order valence-corrected chi connectivity index (χ1v) is 7.76. The second-order valence-electron chi connectivity index (χ2n) is 6.19. The number of nitrogens with one attached hydrogen (secondary N) is 2. The van der Waals surface area contributed by atoms with Gasteiger partial charge < -0.3 is 10.6 Å². The van der Waals surface area contributed by atoms with E-state index in [0.717, 1.165) is 13.1 Å². The van der Waals surface area contributed by atoms with Gasteiger partial charge in [0.1, 0.15) is 0 Å². The number of halogens is 1. The van der Waals surface area contributed by atoms with Gasteiger partial charge in [0.2, 0.25) is 5.91 Å². The minimum atomic E-state index is 0. The van der Waals surface area contributed by atoms with Crippen LogP contribution in [-0.4, -0.2) is 25.0 Å². The van der Waals surface area contributed by atoms with Gasteiger partial charge in [-0.25, -0.2) is 0 Å². The molecule has 4 heteroatoms. The van der Waals surface area contributed by atoms with Crippen molar-refractivity contribution in [1.82, 2.24) is 10.6 Å². The van der Waals surface area contributed by atoms with Crippen LogP contribution in [0.15, 0.2) is 0 Å². The molecule has 0 radical (unpaired) electrons. The van der Waals surface area contributed by atoms with Crippen molar-refractivity contribution in [2.75, 3.05) is 13.1 Å². The van der Waals surface area contributed by atoms with Crippen molar-refractivity contribution in [2.24, 2.45) is 11.8 Å². The van der Waals surface area contributed by atoms with Crippen molar-refractivity contribution >= 4 is 18.3 Å². The van der Waals surface area contributed by atoms with Crippen LogP contribution in [0.5, 0.6) is 0 Å². The molecule has 2 aliphatic rings. The molecular formula is C15H29ClN2O. The third-order valence-corrected chi connectivity index (χ3v) is 4.62. The van der Waals surface area contributed by atoms with Gasteiger partial charge in [-0.2, -0.15) is 0 Å². The molecule has 0 bridgehead atoms. The summed E-state index contributed by atoms with van der Waals surface area (Å²) in [5.41, 5.74) is 0. The lowest BCUT2D eigenvalue weighted by atomic mass is 9.85. The average Bonchev–Trinajstić information content (AvgIpc) is 2.40. The van der Waals surface area contributed by atoms with E-state index in [1.165, 1.54) is 44.9 Å². The Balaban J connectivity index is 0.00000180. The van der Waals surface area contributed by atoms with Crippen LogP contribution in [0.1, 0.15) is 58.3 Å². The van der Waals surface area contributed by atoms with Crippen LogP contribution >= 0.6 is 12.4 Å². The molecule has 0 aromatic heterocycles. The van der Waals surface area contributed by atoms with E-state index in [2.05, 4.69) is 17.6 Å². The Hall–Kier alpha value is -0.280. The topological polar surface area (TPSA) is 41.1 Å². The van der Waals surface area contributed by atoms with Crippen LogP contribution in [0, 0.1) is 11.8 Å². The summed E-state index contributed by atoms with van der Waals surface area (Å²) in [4.78, 5) is 12.0. The molecule has 3 nitrogen and oxygen atoms in total. The molecule has 2 unspecified atom stereocenters. The maximum Gasteiger partial charge on any atom is 0.220 e. The molecule has 2 fully saturated rings. The number of hydrogen-bond acceptors (Lipinski definition) is 2. The Morgan fingerprint density at radius 3 is 2.58 bits per heavy atom. The van der Waals surface area contributed by atoms with Crippen LogP contribution in [0.3, 0.4) is 0 Å². The first kappa shape index (κ1) is 16.8. The zero-order chi connectivity index (χ0) is 12.8. The van der Waals surface area contributed by atoms with Crippen molar-refractivity contribution in [2.45, 2.75) is 64.3 Å². The van der Waals surface area contributed by atoms with Crippen molar-refractivity contribution in [1.29, 1.82) is 0 Å². The average molecular weight is 289 g/mol. The highest BCUT2D eigenvalue weighted by atomic mass is 35.5. The van der Waals surface area contributed by atoms with E-state index < -0.39 is 0 Å². The minimum absolute atomic E-state index is 0. The van der Waals surface area contributed by atoms with Gasteiger partial charge in [0, 0.05) is 12.5 Å². The summed E-state index contributed by atoms with van der Waals surface area (Å²) in [6.07, 6.45) is 9.54. The third kappa shape index (κ3) is 5.70. The fourth-order valence-corrected chi connectivity index (χ4v) is 3.36. The summed E-state index contributed by atoms with van der Waals surface area (Å²) in [6, 6.07) is 0.461. The fraction of sp³-hybridized carbons (Fsp3) is 0.933. The molecule has 1 saturated heterocycles. The van der Waals surface area contributed by atoms with Gasteiger partial charge in [0.05, 0.1) is 0 Å². The minimum Gasteiger partial charge on any atom is -0.353 e. The number of piperidine rings is 1. The number of carbonyl (C=O) groups excluding carboxylic acids is 1. The molecule has 2 rings (SSSR count). The molecule has 1 heterocycles. The molecule has 1 amide bonds. The SMILES string of the molecule is CC(CC(=O)NC1CCCCC1)C1CCCNC1.Cl. The second kappa shape index (κ2) is 8.80. The fourth-order valence-electron chi connectivity index (χ4n) is 3.36. The number of carbonyl (C=O) groups is 1. The first-order valence-electron chi connectivity index (χ1n) is 7.76. The Morgan fingerprint density at radius 2 is 1.95 bits per heavy atom. The Labute approximate surface area is 123 Å². The van der Waals surface area contributed by atoms with E-state index in [4.69, 9.17) is 0 Å². The van der Waals surface area contributed by atoms with Gasteiger partial charge in [0.15, 0.2) is 0 Å². The highest BCUT2D eigenvalue weighted by Gasteiger charge is 2.23. The lowest BCUT2D eigenvalue weighted by Gasteiger charge is -2.29. The van der Waals surface area contributed by atoms with Gasteiger partial charge in [-0.3, -0.25) is 4.79 Å². The highest BCUT2D eigenvalue weighted by molar-refractivity contribution is 5.85. The largest absolute Gasteiger partial charge is 0.353 e. The van der Waals surface area contributed by atoms with Crippen molar-refractivity contribution in [3.8, 4) is 0 Å². The highest BCUT2D eigenvalue weighted by Crippen LogP contribution is 2.23. The molecule has 1 aliphatic heterocycles. The summed E-state index contributed by atoms with van der Waals surface area (Å²) in [7, 11) is 0. The first-order chi connectivity index (χ1) is 8.75. The molecule has 0 spiro atoms. The quantitative estimate of drug-likeness (QED) is 0.835. The van der Waals surface area contributed by atoms with E-state index in [0.29, 0.717) is 24.3 Å². The molecule has 2 atom stereocenters. The lowest BCUT2D eigenvalue weighted by Crippen LogP contribution is -2.39. The van der Waals surface area contributed by atoms with E-state index in [1.807, 2.05) is 0 Å². The lowest BCUT2D eigenvalue weighted by molar-refractivity contribution is -0.123. The molecule has 1 saturated carbocycles. The summed E-state index contributed by atoms with van der Waals surface area (Å²) >= 11 is 0. The van der Waals surface area contributed by atoms with Gasteiger partial charge >= 0.3 is 0 Å². The van der Waals surface area contributed by atoms with Gasteiger partial charge in [-0.05, 0) is 50.6 Å². The maximum atomic E-state index is 12.0. The maximum absolute atomic E-state index is 12.0. The van der Waals surface area contributed by atoms with Crippen molar-refractivity contribution < 1.29 is 4.79 Å². The Kier molecular flexibility index (Phi) is 7.77. The van der Waals surface area contributed by atoms with Gasteiger partial charge in [-0.1, -0.05) is 26.2 Å². The molecule has 112 valence electrons. The van der Waals surface area contributed by atoms with Crippen molar-refractivity contribution in [3.63, 3.8) is 0 Å². The summed E-state index contributed by atoms with van der Waals surface area (Å²) < 4.78 is 0. The zero-order valence-electron chi connectivity index (χ0n) is 12.1. The monoisotopic (exact) mass is 288 g/mol. The number of amides is 1. The summed E-state index contributed by atoms with van der Waals surface area (Å²) in [5.74, 6) is 1.48. The molecule has 0 aromatic carbocycles. The Bertz CT molecular complexity index is 261. The van der Waals surface area contributed by atoms with Crippen LogP contribution in [0.2, 0.25) is 0 Å². The third-order valence-electron chi connectivity index (χ3n) is 4.62. The Morgan fingerprint density at radius 1 is 1.21 bits per heavy atom. The van der Waals surface area contributed by atoms with Crippen LogP contribution in [-0.2, 0) is 4.79 Å². The second-order valence-corrected chi connectivity index (χ2v) is 6.19. The van der Waals surface area contributed by atoms with E-state index in [-0.39, 0.29) is 18.3 Å². The van der Waals surface area contributed by atoms with Gasteiger partial charge in [0.25, 0.3) is 0 Å². The number of rotatable bonds is 4. The molecule has 0 aromatic rings. The molecular weight excluding hydrogens is 260 g/mol.